The van der Waals surface area contributed by atoms with E-state index in [4.69, 9.17) is 5.73 Å². The van der Waals surface area contributed by atoms with Crippen LogP contribution in [0.1, 0.15) is 46.8 Å². The number of fused-ring (bicyclic) bond motifs is 1. The average Bonchev–Trinajstić information content (AvgIpc) is 3.08. The Hall–Kier alpha value is -2.40. The van der Waals surface area contributed by atoms with E-state index < -0.39 is 0 Å². The third kappa shape index (κ3) is 3.19. The van der Waals surface area contributed by atoms with Crippen LogP contribution < -0.4 is 10.6 Å². The predicted octanol–water partition coefficient (Wildman–Crippen LogP) is 2.77. The summed E-state index contributed by atoms with van der Waals surface area (Å²) in [4.78, 5) is 21.3. The number of hydrogen-bond acceptors (Lipinski definition) is 4. The Morgan fingerprint density at radius 3 is 2.62 bits per heavy atom. The lowest BCUT2D eigenvalue weighted by Gasteiger charge is -2.38. The summed E-state index contributed by atoms with van der Waals surface area (Å²) in [5.41, 5.74) is 10.6. The van der Waals surface area contributed by atoms with E-state index in [0.717, 1.165) is 49.9 Å². The minimum absolute atomic E-state index is 0.0756. The fraction of sp³-hybridized carbons (Fsp3) is 0.429. The Morgan fingerprint density at radius 2 is 1.88 bits per heavy atom. The Kier molecular flexibility index (Phi) is 4.64. The predicted molar refractivity (Wildman–Crippen MR) is 103 cm³/mol. The maximum atomic E-state index is 13.0. The minimum Gasteiger partial charge on any atom is -0.371 e. The monoisotopic (exact) mass is 350 g/mol. The number of benzene rings is 1. The van der Waals surface area contributed by atoms with Gasteiger partial charge in [-0.3, -0.25) is 9.78 Å². The van der Waals surface area contributed by atoms with Crippen LogP contribution in [0, 0.1) is 0 Å². The van der Waals surface area contributed by atoms with Crippen LogP contribution >= 0.6 is 0 Å². The van der Waals surface area contributed by atoms with Crippen molar-refractivity contribution in [1.82, 2.24) is 9.88 Å². The van der Waals surface area contributed by atoms with E-state index in [9.17, 15) is 4.79 Å². The van der Waals surface area contributed by atoms with Crippen molar-refractivity contribution in [3.05, 3.63) is 59.4 Å². The van der Waals surface area contributed by atoms with Crippen LogP contribution in [-0.2, 0) is 6.42 Å². The first-order valence-corrected chi connectivity index (χ1v) is 9.44. The molecule has 5 heteroatoms. The molecule has 1 unspecified atom stereocenters. The Labute approximate surface area is 154 Å². The van der Waals surface area contributed by atoms with Gasteiger partial charge in [-0.25, -0.2) is 0 Å². The van der Waals surface area contributed by atoms with E-state index in [1.807, 2.05) is 48.6 Å². The summed E-state index contributed by atoms with van der Waals surface area (Å²) >= 11 is 0. The van der Waals surface area contributed by atoms with E-state index in [2.05, 4.69) is 16.0 Å². The molecule has 1 amide bonds. The lowest BCUT2D eigenvalue weighted by molar-refractivity contribution is 0.0709. The summed E-state index contributed by atoms with van der Waals surface area (Å²) < 4.78 is 0. The van der Waals surface area contributed by atoms with Gasteiger partial charge in [0.1, 0.15) is 0 Å². The van der Waals surface area contributed by atoms with Crippen molar-refractivity contribution in [1.29, 1.82) is 0 Å². The quantitative estimate of drug-likeness (QED) is 0.925. The number of piperidine rings is 1. The summed E-state index contributed by atoms with van der Waals surface area (Å²) in [6.07, 6.45) is 7.62. The molecular formula is C21H26N4O. The van der Waals surface area contributed by atoms with Gasteiger partial charge >= 0.3 is 0 Å². The minimum atomic E-state index is 0.0756. The van der Waals surface area contributed by atoms with Crippen molar-refractivity contribution in [3.63, 3.8) is 0 Å². The van der Waals surface area contributed by atoms with Crippen molar-refractivity contribution in [2.24, 2.45) is 5.73 Å². The number of rotatable bonds is 3. The van der Waals surface area contributed by atoms with Gasteiger partial charge in [0.2, 0.25) is 0 Å². The van der Waals surface area contributed by atoms with Gasteiger partial charge in [0.05, 0.1) is 0 Å². The summed E-state index contributed by atoms with van der Waals surface area (Å²) in [5, 5.41) is 0. The molecule has 0 saturated carbocycles. The first kappa shape index (κ1) is 17.0. The smallest absolute Gasteiger partial charge is 0.253 e. The van der Waals surface area contributed by atoms with Crippen LogP contribution in [0.15, 0.2) is 42.7 Å². The van der Waals surface area contributed by atoms with E-state index in [1.54, 1.807) is 0 Å². The van der Waals surface area contributed by atoms with Crippen molar-refractivity contribution in [3.8, 4) is 0 Å². The number of aromatic nitrogens is 1. The molecule has 0 bridgehead atoms. The molecular weight excluding hydrogens is 324 g/mol. The zero-order valence-electron chi connectivity index (χ0n) is 15.3. The highest BCUT2D eigenvalue weighted by Crippen LogP contribution is 2.30. The second-order valence-electron chi connectivity index (χ2n) is 7.40. The molecule has 1 fully saturated rings. The van der Waals surface area contributed by atoms with E-state index in [1.165, 1.54) is 11.3 Å². The van der Waals surface area contributed by atoms with Crippen molar-refractivity contribution in [2.75, 3.05) is 25.0 Å². The summed E-state index contributed by atoms with van der Waals surface area (Å²) in [7, 11) is 1.93. The highest BCUT2D eigenvalue weighted by atomic mass is 16.2. The van der Waals surface area contributed by atoms with Crippen LogP contribution in [0.3, 0.4) is 0 Å². The number of nitrogens with two attached hydrogens (primary N) is 1. The molecule has 1 aliphatic carbocycles. The first-order valence-electron chi connectivity index (χ1n) is 9.44. The summed E-state index contributed by atoms with van der Waals surface area (Å²) in [6.45, 7) is 1.92. The number of anilines is 1. The molecule has 2 aliphatic rings. The molecule has 4 rings (SSSR count). The van der Waals surface area contributed by atoms with E-state index >= 15 is 0 Å². The van der Waals surface area contributed by atoms with Gasteiger partial charge in [0.15, 0.2) is 0 Å². The zero-order valence-corrected chi connectivity index (χ0v) is 15.3. The molecule has 1 aromatic carbocycles. The van der Waals surface area contributed by atoms with Crippen LogP contribution in [0.25, 0.3) is 0 Å². The Morgan fingerprint density at radius 1 is 1.15 bits per heavy atom. The number of pyridine rings is 1. The van der Waals surface area contributed by atoms with Gasteiger partial charge in [0.25, 0.3) is 5.91 Å². The standard InChI is InChI=1S/C21H26N4O/c1-24(17-8-12-25(13-9-17)18-6-10-23-11-7-18)21(26)16-3-2-15-4-5-20(22)19(15)14-16/h2-3,6-7,10-11,14,17,20H,4-5,8-9,12-13,22H2,1H3. The highest BCUT2D eigenvalue weighted by molar-refractivity contribution is 5.94. The van der Waals surface area contributed by atoms with Gasteiger partial charge in [-0.2, -0.15) is 0 Å². The number of carbonyl (C=O) groups is 1. The lowest BCUT2D eigenvalue weighted by Crippen LogP contribution is -2.45. The molecule has 5 nitrogen and oxygen atoms in total. The fourth-order valence-corrected chi connectivity index (χ4v) is 4.20. The zero-order chi connectivity index (χ0) is 18.1. The fourth-order valence-electron chi connectivity index (χ4n) is 4.20. The Bertz CT molecular complexity index is 784. The normalized spacial score (nSPS) is 20.1. The van der Waals surface area contributed by atoms with Crippen LogP contribution in [0.2, 0.25) is 0 Å². The van der Waals surface area contributed by atoms with E-state index in [-0.39, 0.29) is 18.0 Å². The van der Waals surface area contributed by atoms with Crippen molar-refractivity contribution in [2.45, 2.75) is 37.8 Å². The average molecular weight is 350 g/mol. The van der Waals surface area contributed by atoms with Crippen LogP contribution in [0.5, 0.6) is 0 Å². The maximum absolute atomic E-state index is 13.0. The molecule has 1 aliphatic heterocycles. The molecule has 0 spiro atoms. The van der Waals surface area contributed by atoms with Gasteiger partial charge < -0.3 is 15.5 Å². The first-order chi connectivity index (χ1) is 12.6. The van der Waals surface area contributed by atoms with Crippen molar-refractivity contribution >= 4 is 11.6 Å². The molecule has 2 aromatic rings. The molecule has 2 N–H and O–H groups in total. The molecule has 1 atom stereocenters. The van der Waals surface area contributed by atoms with Gasteiger partial charge in [-0.05, 0) is 61.1 Å². The van der Waals surface area contributed by atoms with Gasteiger partial charge in [-0.15, -0.1) is 0 Å². The maximum Gasteiger partial charge on any atom is 0.253 e. The number of carbonyl (C=O) groups excluding carboxylic acids is 1. The number of nitrogens with zero attached hydrogens (tertiary/aromatic N) is 3. The third-order valence-corrected chi connectivity index (χ3v) is 5.88. The van der Waals surface area contributed by atoms with E-state index in [0.29, 0.717) is 0 Å². The van der Waals surface area contributed by atoms with Gasteiger partial charge in [0, 0.05) is 55.9 Å². The largest absolute Gasteiger partial charge is 0.371 e. The number of amides is 1. The number of aryl methyl sites for hydroxylation is 1. The Balaban J connectivity index is 1.41. The van der Waals surface area contributed by atoms with Crippen LogP contribution in [0.4, 0.5) is 5.69 Å². The second-order valence-corrected chi connectivity index (χ2v) is 7.40. The molecule has 1 aromatic heterocycles. The molecule has 26 heavy (non-hydrogen) atoms. The van der Waals surface area contributed by atoms with Crippen LogP contribution in [-0.4, -0.2) is 42.0 Å². The SMILES string of the molecule is CN(C(=O)c1ccc2c(c1)C(N)CC2)C1CCN(c2ccncc2)CC1. The molecule has 2 heterocycles. The van der Waals surface area contributed by atoms with Crippen molar-refractivity contribution < 1.29 is 4.79 Å². The second kappa shape index (κ2) is 7.08. The topological polar surface area (TPSA) is 62.5 Å². The lowest BCUT2D eigenvalue weighted by atomic mass is 10.0. The summed E-state index contributed by atoms with van der Waals surface area (Å²) in [5.74, 6) is 0.106. The molecule has 0 radical (unpaired) electrons. The summed E-state index contributed by atoms with van der Waals surface area (Å²) in [6, 6.07) is 10.5. The number of hydrogen-bond donors (Lipinski definition) is 1. The molecule has 1 saturated heterocycles. The van der Waals surface area contributed by atoms with Gasteiger partial charge in [-0.1, -0.05) is 6.07 Å². The molecule has 136 valence electrons. The third-order valence-electron chi connectivity index (χ3n) is 5.88. The highest BCUT2D eigenvalue weighted by Gasteiger charge is 2.27.